The Hall–Kier alpha value is -6.18. The fraction of sp³-hybridized carbons (Fsp3) is 0. The highest BCUT2D eigenvalue weighted by atomic mass is 14.1. The average Bonchev–Trinajstić information content (AvgIpc) is 3.06. The molecule has 6 aromatic rings. The third-order valence-corrected chi connectivity index (χ3v) is 6.59. The first kappa shape index (κ1) is 26.1. The Morgan fingerprint density at radius 2 is 0.690 bits per heavy atom. The highest BCUT2D eigenvalue weighted by molar-refractivity contribution is 5.94. The fourth-order valence-corrected chi connectivity index (χ4v) is 4.47. The van der Waals surface area contributed by atoms with Crippen LogP contribution in [0.1, 0.15) is 44.5 Å². The van der Waals surface area contributed by atoms with Crippen molar-refractivity contribution >= 4 is 10.8 Å². The predicted molar refractivity (Wildman–Crippen MR) is 174 cm³/mol. The highest BCUT2D eigenvalue weighted by Crippen LogP contribution is 2.27. The van der Waals surface area contributed by atoms with Crippen LogP contribution in [0.25, 0.3) is 10.8 Å². The lowest BCUT2D eigenvalue weighted by molar-refractivity contribution is 1.57. The Morgan fingerprint density at radius 3 is 1.19 bits per heavy atom. The summed E-state index contributed by atoms with van der Waals surface area (Å²) in [5.41, 5.74) is 7.21. The van der Waals surface area contributed by atoms with E-state index in [1.165, 1.54) is 0 Å². The summed E-state index contributed by atoms with van der Waals surface area (Å²) >= 11 is 0. The van der Waals surface area contributed by atoms with E-state index in [0.29, 0.717) is 0 Å². The number of fused-ring (bicyclic) bond motifs is 1. The summed E-state index contributed by atoms with van der Waals surface area (Å²) in [5.74, 6) is 27.0. The zero-order valence-electron chi connectivity index (χ0n) is 22.9. The van der Waals surface area contributed by atoms with Gasteiger partial charge < -0.3 is 0 Å². The molecule has 42 heavy (non-hydrogen) atoms. The van der Waals surface area contributed by atoms with Crippen LogP contribution in [0.4, 0.5) is 0 Å². The van der Waals surface area contributed by atoms with E-state index >= 15 is 0 Å². The van der Waals surface area contributed by atoms with Crippen molar-refractivity contribution in [1.82, 2.24) is 0 Å². The molecule has 6 rings (SSSR count). The van der Waals surface area contributed by atoms with Crippen LogP contribution in [-0.2, 0) is 0 Å². The standard InChI is InChI=1S/C42H24/c1-5-13-33(14-6-1)21-22-37-24-28-39-32-38(27-23-34-15-7-2-8-16-34)40(29-25-35-17-9-3-10-18-35)41(42(39)31-37)30-26-36-19-11-4-12-20-36/h1-20,24,28,31-32H. The van der Waals surface area contributed by atoms with Crippen LogP contribution in [-0.4, -0.2) is 0 Å². The molecule has 0 heteroatoms. The van der Waals surface area contributed by atoms with Gasteiger partial charge in [0.1, 0.15) is 0 Å². The number of rotatable bonds is 0. The molecule has 0 nitrogen and oxygen atoms in total. The van der Waals surface area contributed by atoms with Gasteiger partial charge in [0, 0.05) is 38.9 Å². The van der Waals surface area contributed by atoms with Crippen molar-refractivity contribution in [3.63, 3.8) is 0 Å². The quantitative estimate of drug-likeness (QED) is 0.174. The molecule has 0 heterocycles. The van der Waals surface area contributed by atoms with Gasteiger partial charge in [0.05, 0.1) is 5.56 Å². The molecule has 0 aromatic heterocycles. The molecule has 0 aliphatic rings. The van der Waals surface area contributed by atoms with E-state index < -0.39 is 0 Å². The van der Waals surface area contributed by atoms with Crippen LogP contribution in [0.15, 0.2) is 146 Å². The van der Waals surface area contributed by atoms with Gasteiger partial charge >= 0.3 is 0 Å². The first-order valence-corrected chi connectivity index (χ1v) is 13.7. The largest absolute Gasteiger partial charge is 0.0622 e. The lowest BCUT2D eigenvalue weighted by atomic mass is 9.92. The predicted octanol–water partition coefficient (Wildman–Crippen LogP) is 8.44. The molecule has 0 saturated carbocycles. The third kappa shape index (κ3) is 6.51. The molecule has 0 aliphatic carbocycles. The van der Waals surface area contributed by atoms with Crippen molar-refractivity contribution in [2.75, 3.05) is 0 Å². The fourth-order valence-electron chi connectivity index (χ4n) is 4.47. The molecular weight excluding hydrogens is 504 g/mol. The molecule has 0 spiro atoms. The molecule has 0 aliphatic heterocycles. The summed E-state index contributed by atoms with van der Waals surface area (Å²) in [4.78, 5) is 0. The number of hydrogen-bond acceptors (Lipinski definition) is 0. The summed E-state index contributed by atoms with van der Waals surface area (Å²) < 4.78 is 0. The van der Waals surface area contributed by atoms with Crippen molar-refractivity contribution in [3.8, 4) is 47.4 Å². The molecule has 0 unspecified atom stereocenters. The highest BCUT2D eigenvalue weighted by Gasteiger charge is 2.11. The topological polar surface area (TPSA) is 0 Å². The molecule has 192 valence electrons. The van der Waals surface area contributed by atoms with E-state index in [4.69, 9.17) is 0 Å². The molecular formula is C42H24. The molecule has 6 aromatic carbocycles. The molecule has 0 N–H and O–H groups in total. The van der Waals surface area contributed by atoms with Crippen LogP contribution >= 0.6 is 0 Å². The number of hydrogen-bond donors (Lipinski definition) is 0. The molecule has 0 radical (unpaired) electrons. The normalized spacial score (nSPS) is 9.62. The van der Waals surface area contributed by atoms with Crippen molar-refractivity contribution < 1.29 is 0 Å². The Morgan fingerprint density at radius 1 is 0.286 bits per heavy atom. The second kappa shape index (κ2) is 12.8. The number of benzene rings is 6. The lowest BCUT2D eigenvalue weighted by Crippen LogP contribution is -1.94. The van der Waals surface area contributed by atoms with Gasteiger partial charge in [-0.25, -0.2) is 0 Å². The van der Waals surface area contributed by atoms with Gasteiger partial charge in [0.25, 0.3) is 0 Å². The monoisotopic (exact) mass is 528 g/mol. The van der Waals surface area contributed by atoms with Crippen molar-refractivity contribution in [3.05, 3.63) is 190 Å². The molecule has 0 fully saturated rings. The summed E-state index contributed by atoms with van der Waals surface area (Å²) in [5, 5.41) is 2.04. The minimum Gasteiger partial charge on any atom is -0.0622 e. The van der Waals surface area contributed by atoms with Gasteiger partial charge in [-0.1, -0.05) is 126 Å². The Balaban J connectivity index is 1.59. The maximum absolute atomic E-state index is 3.48. The van der Waals surface area contributed by atoms with Gasteiger partial charge in [-0.15, -0.1) is 0 Å². The minimum atomic E-state index is 0.811. The van der Waals surface area contributed by atoms with Crippen LogP contribution in [0, 0.1) is 47.4 Å². The van der Waals surface area contributed by atoms with Gasteiger partial charge in [0.15, 0.2) is 0 Å². The van der Waals surface area contributed by atoms with Gasteiger partial charge in [-0.3, -0.25) is 0 Å². The summed E-state index contributed by atoms with van der Waals surface area (Å²) in [6.07, 6.45) is 0. The van der Waals surface area contributed by atoms with Crippen LogP contribution in [0.2, 0.25) is 0 Å². The second-order valence-corrected chi connectivity index (χ2v) is 9.57. The van der Waals surface area contributed by atoms with Gasteiger partial charge in [-0.05, 0) is 77.5 Å². The Bertz CT molecular complexity index is 2110. The van der Waals surface area contributed by atoms with Crippen molar-refractivity contribution in [1.29, 1.82) is 0 Å². The van der Waals surface area contributed by atoms with E-state index in [2.05, 4.69) is 71.6 Å². The Kier molecular flexibility index (Phi) is 7.93. The second-order valence-electron chi connectivity index (χ2n) is 9.57. The SMILES string of the molecule is C(#Cc1ccc2cc(C#Cc3ccccc3)c(C#Cc3ccccc3)c(C#Cc3ccccc3)c2c1)c1ccccc1. The summed E-state index contributed by atoms with van der Waals surface area (Å²) in [6, 6.07) is 48.4. The van der Waals surface area contributed by atoms with Crippen LogP contribution in [0.5, 0.6) is 0 Å². The maximum Gasteiger partial charge on any atom is 0.0568 e. The molecule has 0 amide bonds. The Labute approximate surface area is 247 Å². The first-order chi connectivity index (χ1) is 20.8. The summed E-state index contributed by atoms with van der Waals surface area (Å²) in [7, 11) is 0. The van der Waals surface area contributed by atoms with E-state index in [0.717, 1.165) is 55.3 Å². The van der Waals surface area contributed by atoms with E-state index in [-0.39, 0.29) is 0 Å². The third-order valence-electron chi connectivity index (χ3n) is 6.59. The summed E-state index contributed by atoms with van der Waals surface area (Å²) in [6.45, 7) is 0. The first-order valence-electron chi connectivity index (χ1n) is 13.7. The van der Waals surface area contributed by atoms with E-state index in [1.54, 1.807) is 0 Å². The van der Waals surface area contributed by atoms with E-state index in [9.17, 15) is 0 Å². The zero-order chi connectivity index (χ0) is 28.4. The average molecular weight is 529 g/mol. The molecule has 0 saturated heterocycles. The van der Waals surface area contributed by atoms with Crippen LogP contribution < -0.4 is 0 Å². The van der Waals surface area contributed by atoms with Crippen LogP contribution in [0.3, 0.4) is 0 Å². The molecule has 0 atom stereocenters. The molecule has 0 bridgehead atoms. The van der Waals surface area contributed by atoms with Crippen molar-refractivity contribution in [2.45, 2.75) is 0 Å². The maximum atomic E-state index is 3.48. The lowest BCUT2D eigenvalue weighted by Gasteiger charge is -2.09. The van der Waals surface area contributed by atoms with E-state index in [1.807, 2.05) is 121 Å². The van der Waals surface area contributed by atoms with Gasteiger partial charge in [0.2, 0.25) is 0 Å². The van der Waals surface area contributed by atoms with Gasteiger partial charge in [-0.2, -0.15) is 0 Å². The smallest absolute Gasteiger partial charge is 0.0568 e. The minimum absolute atomic E-state index is 0.811. The zero-order valence-corrected chi connectivity index (χ0v) is 22.9. The van der Waals surface area contributed by atoms with Crippen molar-refractivity contribution in [2.24, 2.45) is 0 Å².